The van der Waals surface area contributed by atoms with E-state index in [9.17, 15) is 9.18 Å². The Labute approximate surface area is 196 Å². The molecule has 180 valence electrons. The molecule has 3 heterocycles. The maximum atomic E-state index is 14.3. The maximum Gasteiger partial charge on any atom is 0.410 e. The van der Waals surface area contributed by atoms with Crippen molar-refractivity contribution in [1.29, 1.82) is 5.26 Å². The highest BCUT2D eigenvalue weighted by Crippen LogP contribution is 2.35. The van der Waals surface area contributed by atoms with Gasteiger partial charge in [-0.2, -0.15) is 10.2 Å². The highest BCUT2D eigenvalue weighted by molar-refractivity contribution is 5.72. The Balaban J connectivity index is 1.49. The number of nitrogens with two attached hydrogens (primary N) is 1. The molecular weight excluding hydrogens is 443 g/mol. The lowest BCUT2D eigenvalue weighted by atomic mass is 9.84. The molecule has 11 heteroatoms. The predicted octanol–water partition coefficient (Wildman–Crippen LogP) is 3.07. The van der Waals surface area contributed by atoms with Crippen molar-refractivity contribution in [3.63, 3.8) is 0 Å². The normalized spacial score (nSPS) is 22.0. The van der Waals surface area contributed by atoms with Crippen LogP contribution in [-0.4, -0.2) is 59.0 Å². The van der Waals surface area contributed by atoms with Crippen molar-refractivity contribution in [1.82, 2.24) is 14.9 Å². The minimum atomic E-state index is -0.610. The summed E-state index contributed by atoms with van der Waals surface area (Å²) in [5, 5.41) is 11.7. The number of aromatic nitrogens is 2. The first kappa shape index (κ1) is 23.5. The van der Waals surface area contributed by atoms with E-state index >= 15 is 0 Å². The summed E-state index contributed by atoms with van der Waals surface area (Å²) in [6.07, 6.45) is 0.641. The van der Waals surface area contributed by atoms with Crippen LogP contribution in [0, 0.1) is 29.0 Å². The molecule has 0 radical (unpaired) electrons. The maximum absolute atomic E-state index is 14.3. The zero-order chi connectivity index (χ0) is 24.5. The Hall–Kier alpha value is -3.65. The lowest BCUT2D eigenvalue weighted by molar-refractivity contribution is -0.113. The van der Waals surface area contributed by atoms with Crippen molar-refractivity contribution in [2.45, 2.75) is 32.5 Å². The molecule has 2 unspecified atom stereocenters. The SMILES string of the molecule is CC(C)(C)OC(=O)N1CC2COCC(C1)C2Oc1ncnc(Nc2ccc(C#N)cc2F)c1N. The molecule has 2 atom stereocenters. The number of ether oxygens (including phenoxy) is 3. The first-order valence-corrected chi connectivity index (χ1v) is 10.9. The van der Waals surface area contributed by atoms with Gasteiger partial charge in [-0.05, 0) is 39.0 Å². The van der Waals surface area contributed by atoms with Crippen LogP contribution in [0.3, 0.4) is 0 Å². The molecular formula is C23H27FN6O4. The van der Waals surface area contributed by atoms with Gasteiger partial charge in [-0.3, -0.25) is 0 Å². The summed E-state index contributed by atoms with van der Waals surface area (Å²) in [4.78, 5) is 22.5. The number of hydrogen-bond acceptors (Lipinski definition) is 9. The van der Waals surface area contributed by atoms with E-state index in [-0.39, 0.29) is 52.7 Å². The van der Waals surface area contributed by atoms with Gasteiger partial charge in [0.1, 0.15) is 29.5 Å². The molecule has 10 nitrogen and oxygen atoms in total. The van der Waals surface area contributed by atoms with Crippen molar-refractivity contribution in [3.05, 3.63) is 35.9 Å². The summed E-state index contributed by atoms with van der Waals surface area (Å²) < 4.78 is 31.7. The number of anilines is 3. The summed E-state index contributed by atoms with van der Waals surface area (Å²) in [5.74, 6) is -0.454. The van der Waals surface area contributed by atoms with Crippen LogP contribution in [0.25, 0.3) is 0 Å². The molecule has 0 saturated carbocycles. The fourth-order valence-electron chi connectivity index (χ4n) is 4.08. The average Bonchev–Trinajstić information content (AvgIpc) is 2.76. The first-order valence-electron chi connectivity index (χ1n) is 10.9. The van der Waals surface area contributed by atoms with E-state index in [0.29, 0.717) is 26.3 Å². The number of amides is 1. The molecule has 1 aromatic heterocycles. The van der Waals surface area contributed by atoms with Crippen molar-refractivity contribution in [2.75, 3.05) is 37.4 Å². The standard InChI is InChI=1S/C23H27FN6O4/c1-23(2,3)34-22(31)30-8-14-10-32-11-15(9-30)19(14)33-21-18(26)20(27-12-28-21)29-17-5-4-13(7-25)6-16(17)24/h4-6,12,14-15,19H,8-11,26H2,1-3H3,(H,27,28,29). The van der Waals surface area contributed by atoms with Gasteiger partial charge < -0.3 is 30.2 Å². The number of nitriles is 1. The smallest absolute Gasteiger partial charge is 0.410 e. The van der Waals surface area contributed by atoms with Crippen LogP contribution in [-0.2, 0) is 9.47 Å². The summed E-state index contributed by atoms with van der Waals surface area (Å²) in [6, 6.07) is 5.93. The topological polar surface area (TPSA) is 136 Å². The second kappa shape index (κ2) is 9.30. The number of nitrogens with one attached hydrogen (secondary N) is 1. The van der Waals surface area contributed by atoms with Crippen molar-refractivity contribution < 1.29 is 23.4 Å². The zero-order valence-electron chi connectivity index (χ0n) is 19.2. The zero-order valence-corrected chi connectivity index (χ0v) is 19.2. The summed E-state index contributed by atoms with van der Waals surface area (Å²) >= 11 is 0. The molecule has 2 fully saturated rings. The molecule has 34 heavy (non-hydrogen) atoms. The molecule has 2 bridgehead atoms. The summed E-state index contributed by atoms with van der Waals surface area (Å²) in [5.41, 5.74) is 6.11. The van der Waals surface area contributed by atoms with E-state index in [4.69, 9.17) is 25.2 Å². The number of rotatable bonds is 4. The number of benzene rings is 1. The third kappa shape index (κ3) is 5.12. The Morgan fingerprint density at radius 1 is 1.29 bits per heavy atom. The fourth-order valence-corrected chi connectivity index (χ4v) is 4.08. The number of piperidine rings is 1. The number of hydrogen-bond donors (Lipinski definition) is 2. The minimum Gasteiger partial charge on any atom is -0.472 e. The van der Waals surface area contributed by atoms with Crippen LogP contribution in [0.2, 0.25) is 0 Å². The minimum absolute atomic E-state index is 0.0956. The van der Waals surface area contributed by atoms with E-state index in [1.807, 2.05) is 26.8 Å². The van der Waals surface area contributed by atoms with Crippen molar-refractivity contribution in [2.24, 2.45) is 11.8 Å². The predicted molar refractivity (Wildman–Crippen MR) is 121 cm³/mol. The Bertz CT molecular complexity index is 1100. The van der Waals surface area contributed by atoms with Gasteiger partial charge in [0.05, 0.1) is 30.5 Å². The van der Waals surface area contributed by atoms with Gasteiger partial charge in [-0.1, -0.05) is 0 Å². The third-order valence-electron chi connectivity index (χ3n) is 5.60. The monoisotopic (exact) mass is 470 g/mol. The van der Waals surface area contributed by atoms with Crippen molar-refractivity contribution in [3.8, 4) is 11.9 Å². The molecule has 0 spiro atoms. The fraction of sp³-hybridized carbons (Fsp3) is 0.478. The third-order valence-corrected chi connectivity index (χ3v) is 5.60. The highest BCUT2D eigenvalue weighted by Gasteiger charge is 2.44. The lowest BCUT2D eigenvalue weighted by Gasteiger charge is -2.46. The molecule has 0 aliphatic carbocycles. The van der Waals surface area contributed by atoms with E-state index in [2.05, 4.69) is 15.3 Å². The Morgan fingerprint density at radius 2 is 2.00 bits per heavy atom. The molecule has 1 amide bonds. The number of carbonyl (C=O) groups is 1. The van der Waals surface area contributed by atoms with Gasteiger partial charge in [-0.25, -0.2) is 14.2 Å². The summed E-state index contributed by atoms with van der Waals surface area (Å²) in [6.45, 7) is 7.18. The van der Waals surface area contributed by atoms with Crippen LogP contribution in [0.15, 0.2) is 24.5 Å². The van der Waals surface area contributed by atoms with Gasteiger partial charge in [0.2, 0.25) is 5.88 Å². The average molecular weight is 471 g/mol. The lowest BCUT2D eigenvalue weighted by Crippen LogP contribution is -2.59. The van der Waals surface area contributed by atoms with Gasteiger partial charge in [-0.15, -0.1) is 0 Å². The first-order chi connectivity index (χ1) is 16.1. The molecule has 4 rings (SSSR count). The number of likely N-dealkylation sites (tertiary alicyclic amines) is 1. The highest BCUT2D eigenvalue weighted by atomic mass is 19.1. The van der Waals surface area contributed by atoms with Crippen LogP contribution in [0.1, 0.15) is 26.3 Å². The second-order valence-electron chi connectivity index (χ2n) is 9.40. The largest absolute Gasteiger partial charge is 0.472 e. The molecule has 3 N–H and O–H groups in total. The molecule has 2 aromatic rings. The molecule has 2 aliphatic heterocycles. The van der Waals surface area contributed by atoms with Crippen LogP contribution in [0.4, 0.5) is 26.4 Å². The van der Waals surface area contributed by atoms with E-state index in [1.54, 1.807) is 4.90 Å². The van der Waals surface area contributed by atoms with E-state index < -0.39 is 11.4 Å². The van der Waals surface area contributed by atoms with E-state index in [0.717, 1.165) is 6.07 Å². The van der Waals surface area contributed by atoms with Crippen LogP contribution in [0.5, 0.6) is 5.88 Å². The van der Waals surface area contributed by atoms with Crippen molar-refractivity contribution >= 4 is 23.3 Å². The second-order valence-corrected chi connectivity index (χ2v) is 9.40. The quantitative estimate of drug-likeness (QED) is 0.691. The number of halogens is 1. The van der Waals surface area contributed by atoms with E-state index in [1.165, 1.54) is 18.5 Å². The number of carbonyl (C=O) groups excluding carboxylic acids is 1. The van der Waals surface area contributed by atoms with Gasteiger partial charge in [0.25, 0.3) is 0 Å². The van der Waals surface area contributed by atoms with Gasteiger partial charge in [0.15, 0.2) is 5.82 Å². The van der Waals surface area contributed by atoms with Gasteiger partial charge in [0, 0.05) is 24.9 Å². The number of nitrogen functional groups attached to an aromatic ring is 1. The van der Waals surface area contributed by atoms with Gasteiger partial charge >= 0.3 is 6.09 Å². The van der Waals surface area contributed by atoms with Crippen LogP contribution < -0.4 is 15.8 Å². The van der Waals surface area contributed by atoms with Crippen LogP contribution >= 0.6 is 0 Å². The molecule has 2 saturated heterocycles. The number of nitrogens with zero attached hydrogens (tertiary/aromatic N) is 4. The molecule has 2 aliphatic rings. The Morgan fingerprint density at radius 3 is 2.62 bits per heavy atom. The molecule has 1 aromatic carbocycles. The Kier molecular flexibility index (Phi) is 6.43. The summed E-state index contributed by atoms with van der Waals surface area (Å²) in [7, 11) is 0. The number of fused-ring (bicyclic) bond motifs is 2.